The molecule has 2 aliphatic rings. The number of carbonyl (C=O) groups excluding carboxylic acids is 3. The van der Waals surface area contributed by atoms with E-state index < -0.39 is 23.9 Å². The molecule has 28 heavy (non-hydrogen) atoms. The number of nitrogens with one attached hydrogen (secondary N) is 1. The molecule has 2 atom stereocenters. The predicted octanol–water partition coefficient (Wildman–Crippen LogP) is 2.24. The van der Waals surface area contributed by atoms with Crippen LogP contribution < -0.4 is 10.2 Å². The number of benzene rings is 2. The number of anilines is 2. The van der Waals surface area contributed by atoms with Gasteiger partial charge in [-0.1, -0.05) is 40.6 Å². The van der Waals surface area contributed by atoms with Gasteiger partial charge in [-0.2, -0.15) is 5.11 Å². The van der Waals surface area contributed by atoms with Crippen molar-refractivity contribution < 1.29 is 14.4 Å². The van der Waals surface area contributed by atoms with E-state index in [1.807, 2.05) is 38.1 Å². The molecule has 0 aromatic heterocycles. The van der Waals surface area contributed by atoms with Crippen LogP contribution >= 0.6 is 0 Å². The van der Waals surface area contributed by atoms with Crippen LogP contribution in [0.1, 0.15) is 11.1 Å². The Balaban J connectivity index is 1.48. The fraction of sp³-hybridized carbons (Fsp3) is 0.250. The predicted molar refractivity (Wildman–Crippen MR) is 103 cm³/mol. The lowest BCUT2D eigenvalue weighted by Crippen LogP contribution is -2.43. The van der Waals surface area contributed by atoms with Gasteiger partial charge in [-0.25, -0.2) is 4.90 Å². The minimum atomic E-state index is -0.916. The van der Waals surface area contributed by atoms with Crippen molar-refractivity contribution in [3.63, 3.8) is 0 Å². The van der Waals surface area contributed by atoms with Crippen LogP contribution in [-0.2, 0) is 14.4 Å². The number of carbonyl (C=O) groups is 3. The molecule has 2 aromatic rings. The van der Waals surface area contributed by atoms with Gasteiger partial charge in [0.2, 0.25) is 5.91 Å². The number of fused-ring (bicyclic) bond motifs is 1. The fourth-order valence-electron chi connectivity index (χ4n) is 3.29. The van der Waals surface area contributed by atoms with Crippen molar-refractivity contribution in [3.8, 4) is 0 Å². The van der Waals surface area contributed by atoms with E-state index in [9.17, 15) is 14.4 Å². The standard InChI is InChI=1S/C20H19N5O3/c1-12-3-7-14(8-4-12)21-16(26)11-24-18-17(22-23-24)19(27)25(20(18)28)15-9-5-13(2)6-10-15/h3-10,17-18H,11H2,1-2H3,(H,21,26)/t17-,18-/m1/s1. The van der Waals surface area contributed by atoms with Gasteiger partial charge in [0, 0.05) is 5.69 Å². The van der Waals surface area contributed by atoms with Crippen molar-refractivity contribution in [2.45, 2.75) is 25.9 Å². The number of aryl methyl sites for hydroxylation is 2. The summed E-state index contributed by atoms with van der Waals surface area (Å²) in [6.07, 6.45) is 0. The first-order valence-corrected chi connectivity index (χ1v) is 8.92. The fourth-order valence-corrected chi connectivity index (χ4v) is 3.29. The maximum absolute atomic E-state index is 12.9. The maximum atomic E-state index is 12.9. The van der Waals surface area contributed by atoms with E-state index in [0.29, 0.717) is 11.4 Å². The summed E-state index contributed by atoms with van der Waals surface area (Å²) in [4.78, 5) is 39.0. The summed E-state index contributed by atoms with van der Waals surface area (Å²) < 4.78 is 0. The molecule has 0 saturated carbocycles. The quantitative estimate of drug-likeness (QED) is 0.827. The van der Waals surface area contributed by atoms with Gasteiger partial charge in [-0.05, 0) is 38.1 Å². The maximum Gasteiger partial charge on any atom is 0.263 e. The minimum absolute atomic E-state index is 0.167. The molecule has 0 spiro atoms. The second-order valence-electron chi connectivity index (χ2n) is 6.95. The lowest BCUT2D eigenvalue weighted by molar-refractivity contribution is -0.123. The SMILES string of the molecule is Cc1ccc(NC(=O)CN2N=N[C@H]3C(=O)N(c4ccc(C)cc4)C(=O)[C@@H]32)cc1. The molecule has 0 aliphatic carbocycles. The molecule has 8 heteroatoms. The van der Waals surface area contributed by atoms with Crippen LogP contribution in [0.3, 0.4) is 0 Å². The minimum Gasteiger partial charge on any atom is -0.324 e. The topological polar surface area (TPSA) is 94.4 Å². The zero-order valence-electron chi connectivity index (χ0n) is 15.5. The Kier molecular flexibility index (Phi) is 4.38. The molecule has 0 bridgehead atoms. The highest BCUT2D eigenvalue weighted by Crippen LogP contribution is 2.31. The van der Waals surface area contributed by atoms with Gasteiger partial charge in [0.25, 0.3) is 11.8 Å². The van der Waals surface area contributed by atoms with Gasteiger partial charge in [-0.15, -0.1) is 0 Å². The van der Waals surface area contributed by atoms with E-state index in [2.05, 4.69) is 15.7 Å². The Morgan fingerprint density at radius 2 is 1.57 bits per heavy atom. The van der Waals surface area contributed by atoms with Crippen LogP contribution in [0.2, 0.25) is 0 Å². The third-order valence-corrected chi connectivity index (χ3v) is 4.79. The third kappa shape index (κ3) is 3.13. The lowest BCUT2D eigenvalue weighted by atomic mass is 10.1. The zero-order chi connectivity index (χ0) is 19.8. The Morgan fingerprint density at radius 3 is 2.21 bits per heavy atom. The molecule has 2 heterocycles. The molecule has 142 valence electrons. The number of imide groups is 1. The summed E-state index contributed by atoms with van der Waals surface area (Å²) in [6, 6.07) is 12.7. The molecule has 2 aliphatic heterocycles. The highest BCUT2D eigenvalue weighted by molar-refractivity contribution is 6.25. The van der Waals surface area contributed by atoms with Crippen LogP contribution in [0.15, 0.2) is 58.9 Å². The van der Waals surface area contributed by atoms with Crippen molar-refractivity contribution in [1.82, 2.24) is 5.01 Å². The van der Waals surface area contributed by atoms with Crippen molar-refractivity contribution in [1.29, 1.82) is 0 Å². The Labute approximate surface area is 161 Å². The van der Waals surface area contributed by atoms with Crippen molar-refractivity contribution in [3.05, 3.63) is 59.7 Å². The van der Waals surface area contributed by atoms with Crippen LogP contribution in [0.25, 0.3) is 0 Å². The second-order valence-corrected chi connectivity index (χ2v) is 6.95. The number of amides is 3. The molecule has 2 aromatic carbocycles. The van der Waals surface area contributed by atoms with E-state index >= 15 is 0 Å². The van der Waals surface area contributed by atoms with Crippen LogP contribution in [0.5, 0.6) is 0 Å². The average Bonchev–Trinajstić information content (AvgIpc) is 3.18. The monoisotopic (exact) mass is 377 g/mol. The average molecular weight is 377 g/mol. The molecular formula is C20H19N5O3. The van der Waals surface area contributed by atoms with E-state index in [0.717, 1.165) is 16.0 Å². The summed E-state index contributed by atoms with van der Waals surface area (Å²) in [7, 11) is 0. The van der Waals surface area contributed by atoms with Gasteiger partial charge < -0.3 is 5.32 Å². The third-order valence-electron chi connectivity index (χ3n) is 4.79. The van der Waals surface area contributed by atoms with Crippen LogP contribution in [0.4, 0.5) is 11.4 Å². The number of nitrogens with zero attached hydrogens (tertiary/aromatic N) is 4. The molecule has 3 amide bonds. The summed E-state index contributed by atoms with van der Waals surface area (Å²) in [5, 5.41) is 11.9. The Morgan fingerprint density at radius 1 is 0.964 bits per heavy atom. The summed E-state index contributed by atoms with van der Waals surface area (Å²) in [6.45, 7) is 3.72. The van der Waals surface area contributed by atoms with E-state index in [4.69, 9.17) is 0 Å². The molecule has 0 radical (unpaired) electrons. The molecule has 8 nitrogen and oxygen atoms in total. The first-order valence-electron chi connectivity index (χ1n) is 8.92. The van der Waals surface area contributed by atoms with E-state index in [1.54, 1.807) is 24.3 Å². The van der Waals surface area contributed by atoms with Gasteiger partial charge in [0.15, 0.2) is 12.1 Å². The van der Waals surface area contributed by atoms with Crippen molar-refractivity contribution >= 4 is 29.1 Å². The number of hydrogen-bond donors (Lipinski definition) is 1. The van der Waals surface area contributed by atoms with Gasteiger partial charge in [-0.3, -0.25) is 19.4 Å². The largest absolute Gasteiger partial charge is 0.324 e. The van der Waals surface area contributed by atoms with E-state index in [1.165, 1.54) is 5.01 Å². The molecule has 1 fully saturated rings. The molecule has 4 rings (SSSR count). The molecular weight excluding hydrogens is 358 g/mol. The van der Waals surface area contributed by atoms with Crippen molar-refractivity contribution in [2.24, 2.45) is 10.3 Å². The summed E-state index contributed by atoms with van der Waals surface area (Å²) in [5.74, 6) is -1.19. The van der Waals surface area contributed by atoms with Crippen LogP contribution in [0, 0.1) is 13.8 Å². The molecule has 0 unspecified atom stereocenters. The normalized spacial score (nSPS) is 20.6. The number of hydrogen-bond acceptors (Lipinski definition) is 6. The summed E-state index contributed by atoms with van der Waals surface area (Å²) >= 11 is 0. The number of rotatable bonds is 4. The second kappa shape index (κ2) is 6.88. The van der Waals surface area contributed by atoms with Gasteiger partial charge in [0.1, 0.15) is 6.54 Å². The Bertz CT molecular complexity index is 968. The first kappa shape index (κ1) is 17.8. The van der Waals surface area contributed by atoms with Crippen LogP contribution in [-0.4, -0.2) is 41.4 Å². The van der Waals surface area contributed by atoms with Gasteiger partial charge in [0.05, 0.1) is 5.69 Å². The van der Waals surface area contributed by atoms with Gasteiger partial charge >= 0.3 is 0 Å². The smallest absolute Gasteiger partial charge is 0.263 e. The van der Waals surface area contributed by atoms with Crippen molar-refractivity contribution in [2.75, 3.05) is 16.8 Å². The first-order chi connectivity index (χ1) is 13.4. The zero-order valence-corrected chi connectivity index (χ0v) is 15.5. The summed E-state index contributed by atoms with van der Waals surface area (Å²) in [5.41, 5.74) is 3.25. The lowest BCUT2D eigenvalue weighted by Gasteiger charge is -2.20. The highest BCUT2D eigenvalue weighted by Gasteiger charge is 2.55. The van der Waals surface area contributed by atoms with E-state index in [-0.39, 0.29) is 12.5 Å². The molecule has 1 saturated heterocycles. The Hall–Kier alpha value is -3.55. The molecule has 1 N–H and O–H groups in total. The highest BCUT2D eigenvalue weighted by atomic mass is 16.2.